The Labute approximate surface area is 108 Å². The summed E-state index contributed by atoms with van der Waals surface area (Å²) in [5.74, 6) is 0.966. The number of anilines is 1. The summed E-state index contributed by atoms with van der Waals surface area (Å²) in [5, 5.41) is 5.03. The van der Waals surface area contributed by atoms with E-state index in [0.29, 0.717) is 6.44 Å². The zero-order valence-electron chi connectivity index (χ0n) is 9.67. The van der Waals surface area contributed by atoms with E-state index < -0.39 is 10.0 Å². The zero-order chi connectivity index (χ0) is 12.9. The number of nitrogens with zero attached hydrogens (tertiary/aromatic N) is 1. The minimum atomic E-state index is -3.62. The first-order valence-electron chi connectivity index (χ1n) is 5.06. The third-order valence-corrected chi connectivity index (χ3v) is 3.84. The molecule has 0 spiro atoms. The third-order valence-electron chi connectivity index (χ3n) is 2.32. The molecule has 0 aliphatic heterocycles. The molecule has 0 aromatic heterocycles. The van der Waals surface area contributed by atoms with Crippen molar-refractivity contribution >= 4 is 35.3 Å². The van der Waals surface area contributed by atoms with E-state index in [0.717, 1.165) is 18.0 Å². The van der Waals surface area contributed by atoms with Gasteiger partial charge in [-0.2, -0.15) is 11.8 Å². The van der Waals surface area contributed by atoms with Crippen molar-refractivity contribution in [3.8, 4) is 0 Å². The zero-order valence-corrected chi connectivity index (χ0v) is 11.3. The highest BCUT2D eigenvalue weighted by molar-refractivity contribution is 7.98. The summed E-state index contributed by atoms with van der Waals surface area (Å²) in [6.45, 7) is 0.826. The van der Waals surface area contributed by atoms with Crippen molar-refractivity contribution in [2.24, 2.45) is 5.14 Å². The lowest BCUT2D eigenvalue weighted by molar-refractivity contribution is 0.598. The van der Waals surface area contributed by atoms with Crippen LogP contribution in [0.1, 0.15) is 0 Å². The Bertz CT molecular complexity index is 448. The molecule has 0 aliphatic rings. The Morgan fingerprint density at radius 2 is 1.94 bits per heavy atom. The number of benzene rings is 1. The molecule has 0 unspecified atom stereocenters. The molecule has 2 N–H and O–H groups in total. The number of primary sulfonamides is 1. The number of rotatable bonds is 6. The fraction of sp³-hybridized carbons (Fsp3) is 0.400. The predicted molar refractivity (Wildman–Crippen MR) is 74.2 cm³/mol. The van der Waals surface area contributed by atoms with Gasteiger partial charge in [-0.25, -0.2) is 13.6 Å². The topological polar surface area (TPSA) is 63.4 Å². The Hall–Kier alpha value is -0.655. The lowest BCUT2D eigenvalue weighted by Gasteiger charge is -2.23. The third kappa shape index (κ3) is 4.25. The van der Waals surface area contributed by atoms with Gasteiger partial charge in [-0.1, -0.05) is 0 Å². The van der Waals surface area contributed by atoms with Gasteiger partial charge in [0.25, 0.3) is 0 Å². The SMILES string of the molecule is [B]CN(CCSC)c1ccc(S(N)(=O)=O)cc1. The van der Waals surface area contributed by atoms with Crippen molar-refractivity contribution in [3.63, 3.8) is 0 Å². The van der Waals surface area contributed by atoms with Crippen LogP contribution in [-0.4, -0.2) is 41.3 Å². The summed E-state index contributed by atoms with van der Waals surface area (Å²) in [4.78, 5) is 2.09. The second-order valence-corrected chi connectivity index (χ2v) is 6.02. The van der Waals surface area contributed by atoms with Gasteiger partial charge in [-0.3, -0.25) is 0 Å². The minimum absolute atomic E-state index is 0.114. The highest BCUT2D eigenvalue weighted by Crippen LogP contribution is 2.17. The van der Waals surface area contributed by atoms with Crippen molar-refractivity contribution < 1.29 is 8.42 Å². The molecule has 1 aromatic rings. The van der Waals surface area contributed by atoms with Crippen molar-refractivity contribution in [1.29, 1.82) is 0 Å². The number of thioether (sulfide) groups is 1. The second kappa shape index (κ2) is 6.32. The van der Waals surface area contributed by atoms with E-state index in [1.807, 2.05) is 11.2 Å². The molecule has 0 saturated heterocycles. The predicted octanol–water partition coefficient (Wildman–Crippen LogP) is 0.629. The van der Waals surface area contributed by atoms with Gasteiger partial charge in [0.2, 0.25) is 10.0 Å². The van der Waals surface area contributed by atoms with E-state index >= 15 is 0 Å². The molecular weight excluding hydrogens is 255 g/mol. The van der Waals surface area contributed by atoms with Crippen LogP contribution in [0.3, 0.4) is 0 Å². The molecule has 7 heteroatoms. The summed E-state index contributed by atoms with van der Waals surface area (Å²) in [6.07, 6.45) is 2.42. The molecule has 0 amide bonds. The van der Waals surface area contributed by atoms with Crippen LogP contribution < -0.4 is 10.0 Å². The smallest absolute Gasteiger partial charge is 0.238 e. The lowest BCUT2D eigenvalue weighted by atomic mass is 10.1. The van der Waals surface area contributed by atoms with Gasteiger partial charge in [0.1, 0.15) is 0 Å². The molecule has 0 heterocycles. The number of sulfonamides is 1. The van der Waals surface area contributed by atoms with Crippen molar-refractivity contribution in [1.82, 2.24) is 0 Å². The summed E-state index contributed by atoms with van der Waals surface area (Å²) < 4.78 is 22.2. The van der Waals surface area contributed by atoms with Crippen LogP contribution in [-0.2, 0) is 10.0 Å². The molecule has 0 atom stereocenters. The monoisotopic (exact) mass is 270 g/mol. The number of hydrogen-bond donors (Lipinski definition) is 1. The molecule has 0 aliphatic carbocycles. The molecule has 1 aromatic carbocycles. The van der Waals surface area contributed by atoms with Gasteiger partial charge in [-0.15, -0.1) is 0 Å². The van der Waals surface area contributed by atoms with Crippen LogP contribution in [0.25, 0.3) is 0 Å². The average molecular weight is 270 g/mol. The fourth-order valence-electron chi connectivity index (χ4n) is 1.37. The molecule has 4 nitrogen and oxygen atoms in total. The molecule has 0 fully saturated rings. The molecular formula is C10H15BN2O2S2. The number of hydrogen-bond acceptors (Lipinski definition) is 4. The molecule has 0 bridgehead atoms. The van der Waals surface area contributed by atoms with Crippen LogP contribution in [0, 0.1) is 0 Å². The van der Waals surface area contributed by atoms with Gasteiger partial charge < -0.3 is 4.90 Å². The molecule has 92 valence electrons. The van der Waals surface area contributed by atoms with Gasteiger partial charge in [0.05, 0.1) is 12.7 Å². The van der Waals surface area contributed by atoms with E-state index in [1.54, 1.807) is 23.9 Å². The standard InChI is InChI=1S/C10H15BN2O2S2/c1-16-7-6-13(8-11)9-2-4-10(5-3-9)17(12,14)15/h2-5H,6-8H2,1H3,(H2,12,14,15). The Morgan fingerprint density at radius 1 is 1.35 bits per heavy atom. The van der Waals surface area contributed by atoms with Gasteiger partial charge in [0, 0.05) is 18.0 Å². The normalized spacial score (nSPS) is 11.4. The lowest BCUT2D eigenvalue weighted by Crippen LogP contribution is -2.27. The molecule has 2 radical (unpaired) electrons. The van der Waals surface area contributed by atoms with Crippen LogP contribution in [0.2, 0.25) is 0 Å². The average Bonchev–Trinajstić information content (AvgIpc) is 2.29. The highest BCUT2D eigenvalue weighted by Gasteiger charge is 2.08. The van der Waals surface area contributed by atoms with E-state index in [-0.39, 0.29) is 4.90 Å². The summed E-state index contributed by atoms with van der Waals surface area (Å²) in [7, 11) is 2.02. The first-order valence-corrected chi connectivity index (χ1v) is 8.00. The first-order chi connectivity index (χ1) is 7.99. The maximum absolute atomic E-state index is 11.1. The van der Waals surface area contributed by atoms with Gasteiger partial charge in [0.15, 0.2) is 0 Å². The Balaban J connectivity index is 2.85. The summed E-state index contributed by atoms with van der Waals surface area (Å²) in [6, 6.07) is 6.42. The van der Waals surface area contributed by atoms with Crippen LogP contribution in [0.15, 0.2) is 29.2 Å². The Kier molecular flexibility index (Phi) is 5.36. The molecule has 0 saturated carbocycles. The summed E-state index contributed by atoms with van der Waals surface area (Å²) >= 11 is 1.73. The first kappa shape index (κ1) is 14.4. The van der Waals surface area contributed by atoms with Gasteiger partial charge in [-0.05, 0) is 37.0 Å². The molecule has 17 heavy (non-hydrogen) atoms. The quantitative estimate of drug-likeness (QED) is 0.770. The fourth-order valence-corrected chi connectivity index (χ4v) is 2.29. The molecule has 1 rings (SSSR count). The van der Waals surface area contributed by atoms with E-state index in [9.17, 15) is 8.42 Å². The minimum Gasteiger partial charge on any atom is -0.380 e. The number of nitrogens with two attached hydrogens (primary N) is 1. The Morgan fingerprint density at radius 3 is 2.35 bits per heavy atom. The van der Waals surface area contributed by atoms with E-state index in [1.165, 1.54) is 12.1 Å². The van der Waals surface area contributed by atoms with Crippen LogP contribution in [0.5, 0.6) is 0 Å². The van der Waals surface area contributed by atoms with Crippen molar-refractivity contribution in [2.45, 2.75) is 4.90 Å². The van der Waals surface area contributed by atoms with Crippen LogP contribution >= 0.6 is 11.8 Å². The van der Waals surface area contributed by atoms with Crippen molar-refractivity contribution in [2.75, 3.05) is 29.9 Å². The van der Waals surface area contributed by atoms with Crippen LogP contribution in [0.4, 0.5) is 5.69 Å². The maximum Gasteiger partial charge on any atom is 0.238 e. The highest BCUT2D eigenvalue weighted by atomic mass is 32.2. The van der Waals surface area contributed by atoms with E-state index in [2.05, 4.69) is 0 Å². The second-order valence-electron chi connectivity index (χ2n) is 3.48. The van der Waals surface area contributed by atoms with E-state index in [4.69, 9.17) is 13.0 Å². The largest absolute Gasteiger partial charge is 0.380 e. The maximum atomic E-state index is 11.1. The van der Waals surface area contributed by atoms with Crippen molar-refractivity contribution in [3.05, 3.63) is 24.3 Å². The summed E-state index contributed by atoms with van der Waals surface area (Å²) in [5.41, 5.74) is 0.897. The van der Waals surface area contributed by atoms with Gasteiger partial charge >= 0.3 is 0 Å².